The summed E-state index contributed by atoms with van der Waals surface area (Å²) in [7, 11) is 0. The zero-order chi connectivity index (χ0) is 19.2. The summed E-state index contributed by atoms with van der Waals surface area (Å²) in [6.45, 7) is 5.41. The van der Waals surface area contributed by atoms with Gasteiger partial charge in [-0.05, 0) is 32.8 Å². The molecule has 1 aliphatic heterocycles. The molecule has 0 radical (unpaired) electrons. The Hall–Kier alpha value is -1.77. The number of carbonyl (C=O) groups excluding carboxylic acids is 2. The van der Waals surface area contributed by atoms with Crippen LogP contribution in [0, 0.1) is 0 Å². The Bertz CT molecular complexity index is 604. The third-order valence-electron chi connectivity index (χ3n) is 3.88. The van der Waals surface area contributed by atoms with E-state index in [0.717, 1.165) is 5.56 Å². The molecule has 1 aromatic carbocycles. The number of hydrogen-bond donors (Lipinski definition) is 1. The summed E-state index contributed by atoms with van der Waals surface area (Å²) in [4.78, 5) is 25.5. The summed E-state index contributed by atoms with van der Waals surface area (Å²) in [5, 5.41) is 9.52. The number of benzene rings is 1. The van der Waals surface area contributed by atoms with Crippen molar-refractivity contribution < 1.29 is 28.9 Å². The van der Waals surface area contributed by atoms with Crippen molar-refractivity contribution in [1.29, 1.82) is 0 Å². The van der Waals surface area contributed by atoms with Crippen molar-refractivity contribution in [3.05, 3.63) is 35.9 Å². The minimum absolute atomic E-state index is 0. The van der Waals surface area contributed by atoms with Crippen LogP contribution in [0.15, 0.2) is 30.3 Å². The molecule has 0 spiro atoms. The lowest BCUT2D eigenvalue weighted by Gasteiger charge is -2.22. The van der Waals surface area contributed by atoms with Gasteiger partial charge in [0.2, 0.25) is 0 Å². The number of nitrogens with zero attached hydrogens (tertiary/aromatic N) is 1. The molecule has 152 valence electrons. The zero-order valence-corrected chi connectivity index (χ0v) is 17.0. The van der Waals surface area contributed by atoms with Crippen LogP contribution in [0.5, 0.6) is 0 Å². The van der Waals surface area contributed by atoms with Crippen LogP contribution in [-0.4, -0.2) is 59.6 Å². The van der Waals surface area contributed by atoms with Crippen LogP contribution in [0.2, 0.25) is 0 Å². The number of likely N-dealkylation sites (tertiary alicyclic amines) is 1. The smallest absolute Gasteiger partial charge is 0.410 e. The van der Waals surface area contributed by atoms with Crippen LogP contribution in [0.1, 0.15) is 32.8 Å². The first-order valence-corrected chi connectivity index (χ1v) is 8.70. The summed E-state index contributed by atoms with van der Waals surface area (Å²) >= 11 is 0. The van der Waals surface area contributed by atoms with Gasteiger partial charge in [0.1, 0.15) is 18.8 Å². The molecule has 27 heavy (non-hydrogen) atoms. The number of hydrogen-bond acceptors (Lipinski definition) is 6. The van der Waals surface area contributed by atoms with Gasteiger partial charge in [-0.25, -0.2) is 9.59 Å². The molecule has 0 bridgehead atoms. The number of rotatable bonds is 6. The lowest BCUT2D eigenvalue weighted by molar-refractivity contribution is -0.162. The summed E-state index contributed by atoms with van der Waals surface area (Å²) in [5.41, 5.74) is 0.315. The number of aliphatic hydroxyl groups excluding tert-OH is 1. The molecule has 2 rings (SSSR count). The standard InChI is InChI=1S/C19H27NO6.H2S/c1-19(2,3)26-17(22)13-24-16-9-15(11-21)20(10-16)18(23)25-12-14-7-5-4-6-8-14;/h4-8,15-16,21H,9-13H2,1-3H3;1H2/t15-,16+;/m0./s1. The largest absolute Gasteiger partial charge is 0.458 e. The van der Waals surface area contributed by atoms with Crippen molar-refractivity contribution in [2.24, 2.45) is 0 Å². The second kappa shape index (κ2) is 10.5. The maximum atomic E-state index is 12.3. The Kier molecular flexibility index (Phi) is 9.08. The molecular formula is C19H29NO6S. The minimum atomic E-state index is -0.572. The molecule has 0 unspecified atom stereocenters. The number of ether oxygens (including phenoxy) is 3. The van der Waals surface area contributed by atoms with Crippen molar-refractivity contribution in [2.75, 3.05) is 19.8 Å². The third-order valence-corrected chi connectivity index (χ3v) is 3.88. The minimum Gasteiger partial charge on any atom is -0.458 e. The van der Waals surface area contributed by atoms with Gasteiger partial charge in [-0.2, -0.15) is 13.5 Å². The summed E-state index contributed by atoms with van der Waals surface area (Å²) < 4.78 is 16.1. The SMILES string of the molecule is CC(C)(C)OC(=O)CO[C@@H]1C[C@@H](CO)N(C(=O)OCc2ccccc2)C1.S. The zero-order valence-electron chi connectivity index (χ0n) is 16.0. The average molecular weight is 400 g/mol. The van der Waals surface area contributed by atoms with Gasteiger partial charge in [0, 0.05) is 0 Å². The highest BCUT2D eigenvalue weighted by Gasteiger charge is 2.36. The van der Waals surface area contributed by atoms with Crippen LogP contribution in [0.25, 0.3) is 0 Å². The highest BCUT2D eigenvalue weighted by atomic mass is 32.1. The number of esters is 1. The quantitative estimate of drug-likeness (QED) is 0.739. The normalized spacial score (nSPS) is 19.3. The molecule has 1 amide bonds. The molecular weight excluding hydrogens is 370 g/mol. The first-order valence-electron chi connectivity index (χ1n) is 8.70. The fraction of sp³-hybridized carbons (Fsp3) is 0.579. The van der Waals surface area contributed by atoms with Crippen LogP contribution in [0.3, 0.4) is 0 Å². The summed E-state index contributed by atoms with van der Waals surface area (Å²) in [5.74, 6) is -0.455. The molecule has 2 atom stereocenters. The van der Waals surface area contributed by atoms with Gasteiger partial charge < -0.3 is 24.2 Å². The van der Waals surface area contributed by atoms with Crippen LogP contribution in [0.4, 0.5) is 4.79 Å². The molecule has 1 N–H and O–H groups in total. The van der Waals surface area contributed by atoms with Gasteiger partial charge in [0.05, 0.1) is 25.3 Å². The molecule has 7 nitrogen and oxygen atoms in total. The maximum Gasteiger partial charge on any atom is 0.410 e. The molecule has 0 aromatic heterocycles. The van der Waals surface area contributed by atoms with E-state index in [2.05, 4.69) is 0 Å². The fourth-order valence-corrected chi connectivity index (χ4v) is 2.75. The molecule has 1 saturated heterocycles. The van der Waals surface area contributed by atoms with Crippen LogP contribution in [-0.2, 0) is 25.6 Å². The van der Waals surface area contributed by atoms with E-state index in [1.165, 1.54) is 4.90 Å². The van der Waals surface area contributed by atoms with Crippen molar-refractivity contribution in [2.45, 2.75) is 51.5 Å². The second-order valence-corrected chi connectivity index (χ2v) is 7.28. The Labute approximate surface area is 167 Å². The first-order chi connectivity index (χ1) is 12.3. The van der Waals surface area contributed by atoms with Gasteiger partial charge in [0.15, 0.2) is 0 Å². The van der Waals surface area contributed by atoms with Crippen molar-refractivity contribution in [1.82, 2.24) is 4.90 Å². The molecule has 1 aliphatic rings. The second-order valence-electron chi connectivity index (χ2n) is 7.28. The number of aliphatic hydroxyl groups is 1. The summed E-state index contributed by atoms with van der Waals surface area (Å²) in [6.07, 6.45) is -0.403. The van der Waals surface area contributed by atoms with E-state index in [4.69, 9.17) is 14.2 Å². The van der Waals surface area contributed by atoms with E-state index in [1.807, 2.05) is 30.3 Å². The lowest BCUT2D eigenvalue weighted by atomic mass is 10.2. The molecule has 0 saturated carbocycles. The molecule has 1 heterocycles. The van der Waals surface area contributed by atoms with E-state index in [-0.39, 0.29) is 52.0 Å². The van der Waals surface area contributed by atoms with E-state index in [9.17, 15) is 14.7 Å². The highest BCUT2D eigenvalue weighted by molar-refractivity contribution is 7.59. The van der Waals surface area contributed by atoms with Crippen LogP contribution >= 0.6 is 13.5 Å². The van der Waals surface area contributed by atoms with Crippen LogP contribution < -0.4 is 0 Å². The predicted octanol–water partition coefficient (Wildman–Crippen LogP) is 2.23. The summed E-state index contributed by atoms with van der Waals surface area (Å²) in [6, 6.07) is 8.98. The number of amides is 1. The molecule has 1 aromatic rings. The monoisotopic (exact) mass is 399 g/mol. The Morgan fingerprint density at radius 1 is 1.22 bits per heavy atom. The van der Waals surface area contributed by atoms with E-state index < -0.39 is 17.7 Å². The molecule has 0 aliphatic carbocycles. The molecule has 1 fully saturated rings. The number of carbonyl (C=O) groups is 2. The first kappa shape index (κ1) is 23.3. The fourth-order valence-electron chi connectivity index (χ4n) is 2.75. The van der Waals surface area contributed by atoms with Gasteiger partial charge >= 0.3 is 12.1 Å². The van der Waals surface area contributed by atoms with Gasteiger partial charge in [-0.3, -0.25) is 0 Å². The van der Waals surface area contributed by atoms with Gasteiger partial charge in [0.25, 0.3) is 0 Å². The van der Waals surface area contributed by atoms with E-state index in [0.29, 0.717) is 6.42 Å². The topological polar surface area (TPSA) is 85.3 Å². The van der Waals surface area contributed by atoms with Gasteiger partial charge in [-0.15, -0.1) is 0 Å². The average Bonchev–Trinajstić information content (AvgIpc) is 3.01. The van der Waals surface area contributed by atoms with E-state index >= 15 is 0 Å². The highest BCUT2D eigenvalue weighted by Crippen LogP contribution is 2.22. The third kappa shape index (κ3) is 7.78. The lowest BCUT2D eigenvalue weighted by Crippen LogP contribution is -2.38. The van der Waals surface area contributed by atoms with Crippen molar-refractivity contribution in [3.8, 4) is 0 Å². The van der Waals surface area contributed by atoms with E-state index in [1.54, 1.807) is 20.8 Å². The Morgan fingerprint density at radius 3 is 2.48 bits per heavy atom. The predicted molar refractivity (Wildman–Crippen MR) is 105 cm³/mol. The van der Waals surface area contributed by atoms with Crippen molar-refractivity contribution in [3.63, 3.8) is 0 Å². The Balaban J connectivity index is 0.00000364. The van der Waals surface area contributed by atoms with Crippen molar-refractivity contribution >= 4 is 25.6 Å². The maximum absolute atomic E-state index is 12.3. The Morgan fingerprint density at radius 2 is 1.89 bits per heavy atom. The molecule has 8 heteroatoms. The van der Waals surface area contributed by atoms with Gasteiger partial charge in [-0.1, -0.05) is 30.3 Å².